The van der Waals surface area contributed by atoms with Crippen LogP contribution in [0.2, 0.25) is 0 Å². The van der Waals surface area contributed by atoms with Crippen molar-refractivity contribution >= 4 is 23.7 Å². The molecule has 0 saturated heterocycles. The first-order valence-corrected chi connectivity index (χ1v) is 8.70. The van der Waals surface area contributed by atoms with Crippen molar-refractivity contribution < 1.29 is 23.5 Å². The van der Waals surface area contributed by atoms with E-state index < -0.39 is 11.7 Å². The van der Waals surface area contributed by atoms with Gasteiger partial charge in [0, 0.05) is 24.1 Å². The summed E-state index contributed by atoms with van der Waals surface area (Å²) in [5, 5.41) is 6.48. The third kappa shape index (κ3) is 6.39. The number of ether oxygens (including phenoxy) is 2. The van der Waals surface area contributed by atoms with Gasteiger partial charge in [0.05, 0.1) is 19.9 Å². The smallest absolute Gasteiger partial charge is 0.240 e. The highest BCUT2D eigenvalue weighted by Crippen LogP contribution is 2.29. The SMILES string of the molecule is CCOc1c(C=NNC(=O)CCC(=O)Nc2ccc(F)cc2)cccc1OC. The topological polar surface area (TPSA) is 89.0 Å². The Morgan fingerprint density at radius 1 is 1.11 bits per heavy atom. The Bertz CT molecular complexity index is 838. The molecule has 148 valence electrons. The summed E-state index contributed by atoms with van der Waals surface area (Å²) in [6.45, 7) is 2.31. The second-order valence-electron chi connectivity index (χ2n) is 5.66. The van der Waals surface area contributed by atoms with Crippen LogP contribution in [0.5, 0.6) is 11.5 Å². The average molecular weight is 387 g/mol. The van der Waals surface area contributed by atoms with Crippen molar-refractivity contribution in [1.29, 1.82) is 0 Å². The maximum absolute atomic E-state index is 12.8. The van der Waals surface area contributed by atoms with E-state index in [0.717, 1.165) is 0 Å². The molecular weight excluding hydrogens is 365 g/mol. The van der Waals surface area contributed by atoms with Crippen LogP contribution in [0.3, 0.4) is 0 Å². The number of amides is 2. The summed E-state index contributed by atoms with van der Waals surface area (Å²) in [4.78, 5) is 23.7. The highest BCUT2D eigenvalue weighted by molar-refractivity contribution is 5.93. The molecule has 28 heavy (non-hydrogen) atoms. The number of carbonyl (C=O) groups excluding carboxylic acids is 2. The van der Waals surface area contributed by atoms with Gasteiger partial charge in [0.2, 0.25) is 11.8 Å². The summed E-state index contributed by atoms with van der Waals surface area (Å²) in [5.41, 5.74) is 3.48. The molecule has 0 aromatic heterocycles. The predicted octanol–water partition coefficient (Wildman–Crippen LogP) is 3.10. The molecule has 0 unspecified atom stereocenters. The fourth-order valence-electron chi connectivity index (χ4n) is 2.31. The number of hydrogen-bond donors (Lipinski definition) is 2. The number of nitrogens with one attached hydrogen (secondary N) is 2. The molecule has 2 N–H and O–H groups in total. The molecule has 8 heteroatoms. The van der Waals surface area contributed by atoms with Crippen LogP contribution in [0.15, 0.2) is 47.6 Å². The highest BCUT2D eigenvalue weighted by atomic mass is 19.1. The number of carbonyl (C=O) groups is 2. The van der Waals surface area contributed by atoms with Crippen molar-refractivity contribution in [2.24, 2.45) is 5.10 Å². The summed E-state index contributed by atoms with van der Waals surface area (Å²) in [5.74, 6) is -0.0546. The minimum Gasteiger partial charge on any atom is -0.493 e. The summed E-state index contributed by atoms with van der Waals surface area (Å²) in [7, 11) is 1.54. The molecule has 0 aliphatic carbocycles. The first-order valence-electron chi connectivity index (χ1n) is 8.70. The molecule has 2 rings (SSSR count). The molecule has 2 aromatic rings. The summed E-state index contributed by atoms with van der Waals surface area (Å²) < 4.78 is 23.6. The number of methoxy groups -OCH3 is 1. The van der Waals surface area contributed by atoms with Gasteiger partial charge in [-0.25, -0.2) is 9.82 Å². The van der Waals surface area contributed by atoms with Gasteiger partial charge < -0.3 is 14.8 Å². The Hall–Kier alpha value is -3.42. The van der Waals surface area contributed by atoms with Crippen LogP contribution < -0.4 is 20.2 Å². The molecule has 0 fully saturated rings. The maximum atomic E-state index is 12.8. The Morgan fingerprint density at radius 3 is 2.50 bits per heavy atom. The lowest BCUT2D eigenvalue weighted by Crippen LogP contribution is -2.20. The van der Waals surface area contributed by atoms with Crippen LogP contribution in [0, 0.1) is 5.82 Å². The van der Waals surface area contributed by atoms with Gasteiger partial charge in [0.1, 0.15) is 5.82 Å². The lowest BCUT2D eigenvalue weighted by molar-refractivity contribution is -0.124. The highest BCUT2D eigenvalue weighted by Gasteiger charge is 2.09. The van der Waals surface area contributed by atoms with Crippen LogP contribution in [-0.4, -0.2) is 31.7 Å². The molecule has 2 amide bonds. The molecule has 7 nitrogen and oxygen atoms in total. The molecule has 0 spiro atoms. The fraction of sp³-hybridized carbons (Fsp3) is 0.250. The minimum absolute atomic E-state index is 0.0257. The van der Waals surface area contributed by atoms with Gasteiger partial charge in [0.25, 0.3) is 0 Å². The van der Waals surface area contributed by atoms with Crippen molar-refractivity contribution in [2.45, 2.75) is 19.8 Å². The van der Waals surface area contributed by atoms with Gasteiger partial charge in [-0.15, -0.1) is 0 Å². The molecule has 0 aliphatic heterocycles. The van der Waals surface area contributed by atoms with Crippen LogP contribution >= 0.6 is 0 Å². The normalized spacial score (nSPS) is 10.5. The number of benzene rings is 2. The molecule has 2 aromatic carbocycles. The summed E-state index contributed by atoms with van der Waals surface area (Å²) in [6, 6.07) is 10.7. The molecular formula is C20H22FN3O4. The maximum Gasteiger partial charge on any atom is 0.240 e. The standard InChI is InChI=1S/C20H22FN3O4/c1-3-28-20-14(5-4-6-17(20)27-2)13-22-24-19(26)12-11-18(25)23-16-9-7-15(21)8-10-16/h4-10,13H,3,11-12H2,1-2H3,(H,23,25)(H,24,26). The van der Waals surface area contributed by atoms with Crippen LogP contribution in [0.1, 0.15) is 25.3 Å². The number of halogens is 1. The molecule has 0 radical (unpaired) electrons. The zero-order valence-corrected chi connectivity index (χ0v) is 15.7. The number of hydrazone groups is 1. The van der Waals surface area contributed by atoms with E-state index in [0.29, 0.717) is 29.4 Å². The zero-order chi connectivity index (χ0) is 20.4. The van der Waals surface area contributed by atoms with Crippen LogP contribution in [0.25, 0.3) is 0 Å². The number of anilines is 1. The van der Waals surface area contributed by atoms with Crippen molar-refractivity contribution in [2.75, 3.05) is 19.0 Å². The van der Waals surface area contributed by atoms with Crippen molar-refractivity contribution in [3.05, 3.63) is 53.8 Å². The van der Waals surface area contributed by atoms with Crippen LogP contribution in [-0.2, 0) is 9.59 Å². The number of hydrogen-bond acceptors (Lipinski definition) is 5. The quantitative estimate of drug-likeness (QED) is 0.511. The van der Waals surface area contributed by atoms with E-state index >= 15 is 0 Å². The second kappa shape index (κ2) is 10.7. The van der Waals surface area contributed by atoms with Crippen molar-refractivity contribution in [1.82, 2.24) is 5.43 Å². The zero-order valence-electron chi connectivity index (χ0n) is 15.7. The van der Waals surface area contributed by atoms with E-state index in [1.54, 1.807) is 18.2 Å². The van der Waals surface area contributed by atoms with E-state index in [4.69, 9.17) is 9.47 Å². The fourth-order valence-corrected chi connectivity index (χ4v) is 2.31. The first-order chi connectivity index (χ1) is 13.5. The van der Waals surface area contributed by atoms with Crippen molar-refractivity contribution in [3.8, 4) is 11.5 Å². The van der Waals surface area contributed by atoms with Gasteiger partial charge in [-0.05, 0) is 43.3 Å². The van der Waals surface area contributed by atoms with Crippen molar-refractivity contribution in [3.63, 3.8) is 0 Å². The molecule has 0 saturated carbocycles. The number of nitrogens with zero attached hydrogens (tertiary/aromatic N) is 1. The molecule has 0 aliphatic rings. The molecule has 0 atom stereocenters. The largest absolute Gasteiger partial charge is 0.493 e. The Morgan fingerprint density at radius 2 is 1.82 bits per heavy atom. The van der Waals surface area contributed by atoms with E-state index in [9.17, 15) is 14.0 Å². The molecule has 0 heterocycles. The average Bonchev–Trinajstić information content (AvgIpc) is 2.69. The summed E-state index contributed by atoms with van der Waals surface area (Å²) >= 11 is 0. The van der Waals surface area contributed by atoms with E-state index in [2.05, 4.69) is 15.8 Å². The third-order valence-electron chi connectivity index (χ3n) is 3.62. The third-order valence-corrected chi connectivity index (χ3v) is 3.62. The Kier molecular flexibility index (Phi) is 7.95. The molecule has 0 bridgehead atoms. The lowest BCUT2D eigenvalue weighted by atomic mass is 10.2. The van der Waals surface area contributed by atoms with E-state index in [1.807, 2.05) is 6.92 Å². The number of rotatable bonds is 9. The van der Waals surface area contributed by atoms with Gasteiger partial charge in [-0.3, -0.25) is 9.59 Å². The second-order valence-corrected chi connectivity index (χ2v) is 5.66. The van der Waals surface area contributed by atoms with E-state index in [1.165, 1.54) is 37.6 Å². The Balaban J connectivity index is 1.83. The van der Waals surface area contributed by atoms with Gasteiger partial charge >= 0.3 is 0 Å². The number of para-hydroxylation sites is 1. The van der Waals surface area contributed by atoms with E-state index in [-0.39, 0.29) is 18.7 Å². The Labute approximate surface area is 162 Å². The van der Waals surface area contributed by atoms with Gasteiger partial charge in [-0.2, -0.15) is 5.10 Å². The predicted molar refractivity (Wildman–Crippen MR) is 104 cm³/mol. The first kappa shape index (κ1) is 20.9. The van der Waals surface area contributed by atoms with Crippen LogP contribution in [0.4, 0.5) is 10.1 Å². The van der Waals surface area contributed by atoms with Gasteiger partial charge in [-0.1, -0.05) is 6.07 Å². The lowest BCUT2D eigenvalue weighted by Gasteiger charge is -2.11. The van der Waals surface area contributed by atoms with Gasteiger partial charge in [0.15, 0.2) is 11.5 Å². The summed E-state index contributed by atoms with van der Waals surface area (Å²) in [6.07, 6.45) is 1.38. The monoisotopic (exact) mass is 387 g/mol. The minimum atomic E-state index is -0.411.